The van der Waals surface area contributed by atoms with E-state index in [2.05, 4.69) is 11.5 Å². The van der Waals surface area contributed by atoms with Gasteiger partial charge in [0.05, 0.1) is 14.2 Å². The van der Waals surface area contributed by atoms with Crippen LogP contribution in [0.1, 0.15) is 30.9 Å². The zero-order valence-corrected chi connectivity index (χ0v) is 11.6. The molecule has 3 rings (SSSR count). The van der Waals surface area contributed by atoms with Crippen LogP contribution in [0.25, 0.3) is 0 Å². The van der Waals surface area contributed by atoms with Crippen molar-refractivity contribution in [3.8, 4) is 11.5 Å². The highest BCUT2D eigenvalue weighted by atomic mass is 16.5. The number of benzene rings is 1. The normalized spacial score (nSPS) is 29.7. The van der Waals surface area contributed by atoms with E-state index in [0.717, 1.165) is 23.3 Å². The molecule has 2 fully saturated rings. The zero-order chi connectivity index (χ0) is 13.4. The van der Waals surface area contributed by atoms with Crippen LogP contribution in [0.15, 0.2) is 18.2 Å². The summed E-state index contributed by atoms with van der Waals surface area (Å²) < 4.78 is 10.6. The topological polar surface area (TPSA) is 56.5 Å². The Bertz CT molecular complexity index is 453. The first kappa shape index (κ1) is 12.8. The third-order valence-corrected chi connectivity index (χ3v) is 4.70. The average molecular weight is 262 g/mol. The smallest absolute Gasteiger partial charge is 0.161 e. The minimum atomic E-state index is 0.215. The molecule has 0 aromatic heterocycles. The number of rotatable bonds is 5. The lowest BCUT2D eigenvalue weighted by Gasteiger charge is -2.25. The molecule has 0 saturated heterocycles. The van der Waals surface area contributed by atoms with Crippen molar-refractivity contribution in [3.63, 3.8) is 0 Å². The maximum absolute atomic E-state index is 5.78. The number of nitrogens with one attached hydrogen (secondary N) is 1. The second-order valence-electron chi connectivity index (χ2n) is 5.75. The summed E-state index contributed by atoms with van der Waals surface area (Å²) >= 11 is 0. The highest BCUT2D eigenvalue weighted by Crippen LogP contribution is 2.57. The molecule has 1 aromatic carbocycles. The van der Waals surface area contributed by atoms with E-state index in [-0.39, 0.29) is 6.04 Å². The van der Waals surface area contributed by atoms with Gasteiger partial charge in [-0.05, 0) is 54.7 Å². The van der Waals surface area contributed by atoms with Crippen LogP contribution >= 0.6 is 0 Å². The van der Waals surface area contributed by atoms with Crippen LogP contribution in [0.2, 0.25) is 0 Å². The van der Waals surface area contributed by atoms with E-state index in [1.165, 1.54) is 24.8 Å². The molecule has 0 radical (unpaired) electrons. The fourth-order valence-electron chi connectivity index (χ4n) is 3.58. The quantitative estimate of drug-likeness (QED) is 0.631. The highest BCUT2D eigenvalue weighted by Gasteiger charge is 2.48. The summed E-state index contributed by atoms with van der Waals surface area (Å²) in [6.07, 6.45) is 4.03. The van der Waals surface area contributed by atoms with Crippen LogP contribution in [-0.4, -0.2) is 14.2 Å². The fraction of sp³-hybridized carbons (Fsp3) is 0.600. The zero-order valence-electron chi connectivity index (χ0n) is 11.6. The molecular formula is C15H22N2O2. The number of hydrazine groups is 1. The largest absolute Gasteiger partial charge is 0.493 e. The van der Waals surface area contributed by atoms with Crippen LogP contribution in [-0.2, 0) is 0 Å². The summed E-state index contributed by atoms with van der Waals surface area (Å²) in [6.45, 7) is 0. The summed E-state index contributed by atoms with van der Waals surface area (Å²) in [7, 11) is 3.32. The molecule has 0 bridgehead atoms. The van der Waals surface area contributed by atoms with Gasteiger partial charge in [0.1, 0.15) is 0 Å². The van der Waals surface area contributed by atoms with Crippen LogP contribution < -0.4 is 20.7 Å². The molecule has 4 nitrogen and oxygen atoms in total. The molecular weight excluding hydrogens is 240 g/mol. The van der Waals surface area contributed by atoms with E-state index in [9.17, 15) is 0 Å². The standard InChI is InChI=1S/C15H22N2O2/c1-18-13-4-3-9(8-14(13)19-2)15(17-16)12-6-10-5-11(10)7-12/h3-4,8,10-12,15,17H,5-7,16H2,1-2H3. The molecule has 0 aliphatic heterocycles. The van der Waals surface area contributed by atoms with Gasteiger partial charge in [0.2, 0.25) is 0 Å². The van der Waals surface area contributed by atoms with Crippen LogP contribution in [0.5, 0.6) is 11.5 Å². The molecule has 3 N–H and O–H groups in total. The number of hydrogen-bond donors (Lipinski definition) is 2. The first-order chi connectivity index (χ1) is 9.26. The van der Waals surface area contributed by atoms with E-state index in [4.69, 9.17) is 15.3 Å². The second-order valence-corrected chi connectivity index (χ2v) is 5.75. The van der Waals surface area contributed by atoms with Gasteiger partial charge in [-0.3, -0.25) is 11.3 Å². The van der Waals surface area contributed by atoms with Gasteiger partial charge in [-0.25, -0.2) is 0 Å². The van der Waals surface area contributed by atoms with Crippen LogP contribution in [0.3, 0.4) is 0 Å². The lowest BCUT2D eigenvalue weighted by Crippen LogP contribution is -2.33. The van der Waals surface area contributed by atoms with Crippen molar-refractivity contribution in [2.45, 2.75) is 25.3 Å². The van der Waals surface area contributed by atoms with Crippen LogP contribution in [0.4, 0.5) is 0 Å². The minimum Gasteiger partial charge on any atom is -0.493 e. The van der Waals surface area contributed by atoms with Crippen molar-refractivity contribution in [2.24, 2.45) is 23.6 Å². The third kappa shape index (κ3) is 2.30. The van der Waals surface area contributed by atoms with E-state index in [1.807, 2.05) is 12.1 Å². The maximum atomic E-state index is 5.78. The Labute approximate surface area is 114 Å². The number of ether oxygens (including phenoxy) is 2. The van der Waals surface area contributed by atoms with Crippen molar-refractivity contribution < 1.29 is 9.47 Å². The predicted octanol–water partition coefficient (Wildman–Crippen LogP) is 2.25. The van der Waals surface area contributed by atoms with E-state index in [0.29, 0.717) is 5.92 Å². The van der Waals surface area contributed by atoms with Gasteiger partial charge < -0.3 is 9.47 Å². The van der Waals surface area contributed by atoms with Crippen molar-refractivity contribution in [1.82, 2.24) is 5.43 Å². The number of fused-ring (bicyclic) bond motifs is 1. The molecule has 2 aliphatic carbocycles. The Morgan fingerprint density at radius 2 is 1.79 bits per heavy atom. The Hall–Kier alpha value is -1.26. The number of hydrogen-bond acceptors (Lipinski definition) is 4. The van der Waals surface area contributed by atoms with Crippen molar-refractivity contribution in [2.75, 3.05) is 14.2 Å². The Kier molecular flexibility index (Phi) is 3.37. The second kappa shape index (κ2) is 5.02. The Morgan fingerprint density at radius 1 is 1.11 bits per heavy atom. The van der Waals surface area contributed by atoms with Crippen molar-refractivity contribution >= 4 is 0 Å². The minimum absolute atomic E-state index is 0.215. The third-order valence-electron chi connectivity index (χ3n) is 4.70. The first-order valence-electron chi connectivity index (χ1n) is 6.94. The van der Waals surface area contributed by atoms with Gasteiger partial charge in [-0.1, -0.05) is 6.07 Å². The molecule has 19 heavy (non-hydrogen) atoms. The fourth-order valence-corrected chi connectivity index (χ4v) is 3.58. The van der Waals surface area contributed by atoms with E-state index >= 15 is 0 Å². The van der Waals surface area contributed by atoms with Crippen LogP contribution in [0, 0.1) is 17.8 Å². The molecule has 1 aromatic rings. The molecule has 104 valence electrons. The predicted molar refractivity (Wildman–Crippen MR) is 73.9 cm³/mol. The van der Waals surface area contributed by atoms with E-state index in [1.54, 1.807) is 14.2 Å². The monoisotopic (exact) mass is 262 g/mol. The Morgan fingerprint density at radius 3 is 2.37 bits per heavy atom. The van der Waals surface area contributed by atoms with Gasteiger partial charge in [-0.15, -0.1) is 0 Å². The van der Waals surface area contributed by atoms with Gasteiger partial charge >= 0.3 is 0 Å². The number of nitrogens with two attached hydrogens (primary N) is 1. The summed E-state index contributed by atoms with van der Waals surface area (Å²) in [5.74, 6) is 9.88. The maximum Gasteiger partial charge on any atom is 0.161 e. The average Bonchev–Trinajstić information content (AvgIpc) is 3.06. The molecule has 0 spiro atoms. The molecule has 0 amide bonds. The number of methoxy groups -OCH3 is 2. The lowest BCUT2D eigenvalue weighted by atomic mass is 9.89. The van der Waals surface area contributed by atoms with Gasteiger partial charge in [0, 0.05) is 6.04 Å². The van der Waals surface area contributed by atoms with Crippen molar-refractivity contribution in [3.05, 3.63) is 23.8 Å². The highest BCUT2D eigenvalue weighted by molar-refractivity contribution is 5.44. The summed E-state index contributed by atoms with van der Waals surface area (Å²) in [5, 5.41) is 0. The van der Waals surface area contributed by atoms with Crippen molar-refractivity contribution in [1.29, 1.82) is 0 Å². The molecule has 4 heteroatoms. The lowest BCUT2D eigenvalue weighted by molar-refractivity contribution is 0.337. The summed E-state index contributed by atoms with van der Waals surface area (Å²) in [4.78, 5) is 0. The van der Waals surface area contributed by atoms with Gasteiger partial charge in [0.25, 0.3) is 0 Å². The summed E-state index contributed by atoms with van der Waals surface area (Å²) in [6, 6.07) is 6.28. The van der Waals surface area contributed by atoms with Gasteiger partial charge in [0.15, 0.2) is 11.5 Å². The molecule has 0 heterocycles. The molecule has 2 aliphatic rings. The molecule has 3 unspecified atom stereocenters. The molecule has 3 atom stereocenters. The van der Waals surface area contributed by atoms with Gasteiger partial charge in [-0.2, -0.15) is 0 Å². The van der Waals surface area contributed by atoms with E-state index < -0.39 is 0 Å². The first-order valence-corrected chi connectivity index (χ1v) is 6.94. The molecule has 2 saturated carbocycles. The Balaban J connectivity index is 1.82. The SMILES string of the molecule is COc1ccc(C(NN)C2CC3CC3C2)cc1OC. The summed E-state index contributed by atoms with van der Waals surface area (Å²) in [5.41, 5.74) is 4.18.